The molecule has 4 nitrogen and oxygen atoms in total. The summed E-state index contributed by atoms with van der Waals surface area (Å²) in [7, 11) is 1.42. The van der Waals surface area contributed by atoms with E-state index in [-0.39, 0.29) is 11.9 Å². The molecule has 1 aromatic carbocycles. The highest BCUT2D eigenvalue weighted by atomic mass is 16.5. The quantitative estimate of drug-likeness (QED) is 0.864. The Morgan fingerprint density at radius 3 is 2.52 bits per heavy atom. The SMILES string of the molecule is COC(=O)C1=C(C)NC(C)=C(c2ccccn2)C1c1cccc(C)c1. The molecule has 25 heavy (non-hydrogen) atoms. The van der Waals surface area contributed by atoms with Gasteiger partial charge in [-0.1, -0.05) is 35.9 Å². The number of allylic oxidation sites excluding steroid dienone is 3. The van der Waals surface area contributed by atoms with E-state index in [1.54, 1.807) is 6.20 Å². The molecule has 1 aliphatic heterocycles. The molecule has 1 unspecified atom stereocenters. The molecular formula is C21H22N2O2. The Morgan fingerprint density at radius 2 is 1.88 bits per heavy atom. The monoisotopic (exact) mass is 334 g/mol. The van der Waals surface area contributed by atoms with Crippen LogP contribution in [0.5, 0.6) is 0 Å². The maximum absolute atomic E-state index is 12.6. The summed E-state index contributed by atoms with van der Waals surface area (Å²) >= 11 is 0. The number of carbonyl (C=O) groups is 1. The minimum Gasteiger partial charge on any atom is -0.466 e. The molecule has 0 fully saturated rings. The van der Waals surface area contributed by atoms with E-state index in [1.807, 2.05) is 38.1 Å². The molecule has 1 aromatic heterocycles. The molecule has 0 bridgehead atoms. The molecule has 0 spiro atoms. The van der Waals surface area contributed by atoms with Crippen LogP contribution in [0.2, 0.25) is 0 Å². The van der Waals surface area contributed by atoms with E-state index in [2.05, 4.69) is 35.4 Å². The lowest BCUT2D eigenvalue weighted by molar-refractivity contribution is -0.136. The van der Waals surface area contributed by atoms with Gasteiger partial charge in [-0.05, 0) is 38.5 Å². The lowest BCUT2D eigenvalue weighted by Gasteiger charge is -2.31. The Kier molecular flexibility index (Phi) is 4.70. The van der Waals surface area contributed by atoms with Crippen molar-refractivity contribution in [1.82, 2.24) is 10.3 Å². The highest BCUT2D eigenvalue weighted by molar-refractivity contribution is 5.97. The molecule has 0 amide bonds. The van der Waals surface area contributed by atoms with Crippen LogP contribution >= 0.6 is 0 Å². The summed E-state index contributed by atoms with van der Waals surface area (Å²) < 4.78 is 5.08. The van der Waals surface area contributed by atoms with Crippen LogP contribution in [0.15, 0.2) is 65.6 Å². The van der Waals surface area contributed by atoms with Crippen molar-refractivity contribution in [1.29, 1.82) is 0 Å². The highest BCUT2D eigenvalue weighted by Gasteiger charge is 2.34. The molecule has 4 heteroatoms. The second-order valence-electron chi connectivity index (χ2n) is 6.26. The zero-order chi connectivity index (χ0) is 18.0. The third-order valence-corrected chi connectivity index (χ3v) is 4.48. The van der Waals surface area contributed by atoms with Crippen LogP contribution in [0.25, 0.3) is 5.57 Å². The average Bonchev–Trinajstić information content (AvgIpc) is 2.61. The van der Waals surface area contributed by atoms with Gasteiger partial charge in [-0.2, -0.15) is 0 Å². The number of nitrogens with zero attached hydrogens (tertiary/aromatic N) is 1. The van der Waals surface area contributed by atoms with Gasteiger partial charge in [0.05, 0.1) is 18.4 Å². The van der Waals surface area contributed by atoms with Crippen LogP contribution in [0.4, 0.5) is 0 Å². The largest absolute Gasteiger partial charge is 0.466 e. The number of methoxy groups -OCH3 is 1. The third-order valence-electron chi connectivity index (χ3n) is 4.48. The molecule has 0 saturated carbocycles. The van der Waals surface area contributed by atoms with Crippen LogP contribution < -0.4 is 5.32 Å². The fraction of sp³-hybridized carbons (Fsp3) is 0.238. The fourth-order valence-corrected chi connectivity index (χ4v) is 3.42. The molecule has 0 radical (unpaired) electrons. The number of aromatic nitrogens is 1. The van der Waals surface area contributed by atoms with Crippen LogP contribution in [0.3, 0.4) is 0 Å². The Hall–Kier alpha value is -2.88. The van der Waals surface area contributed by atoms with Gasteiger partial charge in [0.2, 0.25) is 0 Å². The summed E-state index contributed by atoms with van der Waals surface area (Å²) in [5, 5.41) is 3.33. The van der Waals surface area contributed by atoms with Crippen molar-refractivity contribution in [3.63, 3.8) is 0 Å². The maximum Gasteiger partial charge on any atom is 0.336 e. The average molecular weight is 334 g/mol. The number of carbonyl (C=O) groups excluding carboxylic acids is 1. The Balaban J connectivity index is 2.25. The lowest BCUT2D eigenvalue weighted by Crippen LogP contribution is -2.28. The van der Waals surface area contributed by atoms with Gasteiger partial charge >= 0.3 is 5.97 Å². The molecule has 1 N–H and O–H groups in total. The molecule has 3 rings (SSSR count). The Bertz CT molecular complexity index is 866. The number of benzene rings is 1. The first-order chi connectivity index (χ1) is 12.0. The van der Waals surface area contributed by atoms with E-state index in [4.69, 9.17) is 4.74 Å². The van der Waals surface area contributed by atoms with Crippen LogP contribution in [0, 0.1) is 6.92 Å². The molecule has 128 valence electrons. The number of pyridine rings is 1. The minimum atomic E-state index is -0.322. The van der Waals surface area contributed by atoms with Crippen LogP contribution in [-0.2, 0) is 9.53 Å². The molecule has 1 aliphatic rings. The number of hydrogen-bond donors (Lipinski definition) is 1. The van der Waals surface area contributed by atoms with Crippen molar-refractivity contribution < 1.29 is 9.53 Å². The summed E-state index contributed by atoms with van der Waals surface area (Å²) in [6, 6.07) is 14.0. The van der Waals surface area contributed by atoms with E-state index in [0.29, 0.717) is 5.57 Å². The molecule has 0 aliphatic carbocycles. The van der Waals surface area contributed by atoms with Crippen molar-refractivity contribution in [2.75, 3.05) is 7.11 Å². The number of aryl methyl sites for hydroxylation is 1. The summed E-state index contributed by atoms with van der Waals surface area (Å²) in [6.07, 6.45) is 1.77. The maximum atomic E-state index is 12.6. The number of ether oxygens (including phenoxy) is 1. The predicted molar refractivity (Wildman–Crippen MR) is 98.6 cm³/mol. The Morgan fingerprint density at radius 1 is 1.08 bits per heavy atom. The second kappa shape index (κ2) is 6.93. The van der Waals surface area contributed by atoms with Gasteiger partial charge in [-0.25, -0.2) is 4.79 Å². The Labute approximate surface area is 148 Å². The zero-order valence-electron chi connectivity index (χ0n) is 15.0. The van der Waals surface area contributed by atoms with Crippen molar-refractivity contribution >= 4 is 11.5 Å². The van der Waals surface area contributed by atoms with E-state index < -0.39 is 0 Å². The van der Waals surface area contributed by atoms with Gasteiger partial charge in [0.15, 0.2) is 0 Å². The third kappa shape index (κ3) is 3.20. The lowest BCUT2D eigenvalue weighted by atomic mass is 9.78. The molecule has 0 saturated heterocycles. The fourth-order valence-electron chi connectivity index (χ4n) is 3.42. The second-order valence-corrected chi connectivity index (χ2v) is 6.26. The summed E-state index contributed by atoms with van der Waals surface area (Å²) in [6.45, 7) is 5.98. The van der Waals surface area contributed by atoms with E-state index in [0.717, 1.165) is 33.8 Å². The summed E-state index contributed by atoms with van der Waals surface area (Å²) in [5.41, 5.74) is 6.49. The van der Waals surface area contributed by atoms with Gasteiger partial charge < -0.3 is 10.1 Å². The van der Waals surface area contributed by atoms with Crippen LogP contribution in [-0.4, -0.2) is 18.1 Å². The number of rotatable bonds is 3. The van der Waals surface area contributed by atoms with Crippen molar-refractivity contribution in [3.8, 4) is 0 Å². The van der Waals surface area contributed by atoms with E-state index in [1.165, 1.54) is 7.11 Å². The summed E-state index contributed by atoms with van der Waals surface area (Å²) in [4.78, 5) is 17.1. The molecular weight excluding hydrogens is 312 g/mol. The number of nitrogens with one attached hydrogen (secondary N) is 1. The normalized spacial score (nSPS) is 17.4. The van der Waals surface area contributed by atoms with Gasteiger partial charge in [0.1, 0.15) is 0 Å². The van der Waals surface area contributed by atoms with Crippen molar-refractivity contribution in [3.05, 3.63) is 82.4 Å². The van der Waals surface area contributed by atoms with Gasteiger partial charge in [0, 0.05) is 29.1 Å². The zero-order valence-corrected chi connectivity index (χ0v) is 15.0. The minimum absolute atomic E-state index is 0.219. The van der Waals surface area contributed by atoms with E-state index >= 15 is 0 Å². The van der Waals surface area contributed by atoms with E-state index in [9.17, 15) is 4.79 Å². The number of esters is 1. The van der Waals surface area contributed by atoms with Gasteiger partial charge in [-0.15, -0.1) is 0 Å². The highest BCUT2D eigenvalue weighted by Crippen LogP contribution is 2.43. The smallest absolute Gasteiger partial charge is 0.336 e. The van der Waals surface area contributed by atoms with Crippen LogP contribution in [0.1, 0.15) is 36.6 Å². The standard InChI is InChI=1S/C21H22N2O2/c1-13-8-7-9-16(12-13)20-18(17-10-5-6-11-22-17)14(2)23-15(3)19(20)21(24)25-4/h5-12,20,23H,1-4H3. The first kappa shape index (κ1) is 17.0. The van der Waals surface area contributed by atoms with Gasteiger partial charge in [-0.3, -0.25) is 4.98 Å². The topological polar surface area (TPSA) is 51.2 Å². The van der Waals surface area contributed by atoms with Gasteiger partial charge in [0.25, 0.3) is 0 Å². The molecule has 2 aromatic rings. The predicted octanol–water partition coefficient (Wildman–Crippen LogP) is 3.96. The molecule has 2 heterocycles. The van der Waals surface area contributed by atoms with Crippen molar-refractivity contribution in [2.45, 2.75) is 26.7 Å². The number of dihydropyridines is 1. The number of hydrogen-bond acceptors (Lipinski definition) is 4. The first-order valence-electron chi connectivity index (χ1n) is 8.27. The van der Waals surface area contributed by atoms with Crippen molar-refractivity contribution in [2.24, 2.45) is 0 Å². The first-order valence-corrected chi connectivity index (χ1v) is 8.27. The summed E-state index contributed by atoms with van der Waals surface area (Å²) in [5.74, 6) is -0.541. The molecule has 1 atom stereocenters.